The molecule has 1 aromatic carbocycles. The van der Waals surface area contributed by atoms with Gasteiger partial charge in [-0.1, -0.05) is 15.9 Å². The summed E-state index contributed by atoms with van der Waals surface area (Å²) in [5, 5.41) is 0. The zero-order chi connectivity index (χ0) is 16.1. The predicted octanol–water partition coefficient (Wildman–Crippen LogP) is 1.69. The molecule has 0 bridgehead atoms. The van der Waals surface area contributed by atoms with E-state index in [1.807, 2.05) is 0 Å². The van der Waals surface area contributed by atoms with Gasteiger partial charge in [0, 0.05) is 16.1 Å². The summed E-state index contributed by atoms with van der Waals surface area (Å²) in [6, 6.07) is 4.37. The Morgan fingerprint density at radius 1 is 1.27 bits per heavy atom. The van der Waals surface area contributed by atoms with E-state index in [2.05, 4.69) is 30.9 Å². The van der Waals surface area contributed by atoms with Gasteiger partial charge in [-0.2, -0.15) is 15.0 Å². The summed E-state index contributed by atoms with van der Waals surface area (Å²) in [4.78, 5) is 22.7. The van der Waals surface area contributed by atoms with Crippen LogP contribution in [0.4, 0.5) is 16.3 Å². The number of esters is 1. The first kappa shape index (κ1) is 15.8. The molecule has 4 N–H and O–H groups in total. The maximum atomic E-state index is 13.5. The first-order chi connectivity index (χ1) is 10.4. The van der Waals surface area contributed by atoms with Gasteiger partial charge in [0.25, 0.3) is 0 Å². The van der Waals surface area contributed by atoms with Crippen molar-refractivity contribution in [1.29, 1.82) is 0 Å². The summed E-state index contributed by atoms with van der Waals surface area (Å²) in [6.07, 6.45) is 2.40. The molecular weight excluding hydrogens is 357 g/mol. The third kappa shape index (κ3) is 4.48. The summed E-state index contributed by atoms with van der Waals surface area (Å²) in [6.45, 7) is -0.221. The number of hydrogen-bond donors (Lipinski definition) is 2. The number of nitrogens with two attached hydrogens (primary N) is 2. The van der Waals surface area contributed by atoms with Gasteiger partial charge >= 0.3 is 5.97 Å². The minimum absolute atomic E-state index is 0.0645. The van der Waals surface area contributed by atoms with E-state index in [0.29, 0.717) is 4.47 Å². The largest absolute Gasteiger partial charge is 0.454 e. The highest BCUT2D eigenvalue weighted by atomic mass is 79.9. The lowest BCUT2D eigenvalue weighted by atomic mass is 10.2. The van der Waals surface area contributed by atoms with Crippen LogP contribution in [0.3, 0.4) is 0 Å². The molecule has 0 saturated heterocycles. The number of halogens is 2. The van der Waals surface area contributed by atoms with Gasteiger partial charge in [-0.05, 0) is 24.3 Å². The number of carbonyl (C=O) groups is 1. The second kappa shape index (κ2) is 6.94. The summed E-state index contributed by atoms with van der Waals surface area (Å²) in [7, 11) is 0. The quantitative estimate of drug-likeness (QED) is 0.623. The van der Waals surface area contributed by atoms with Crippen LogP contribution in [0.5, 0.6) is 0 Å². The molecule has 114 valence electrons. The van der Waals surface area contributed by atoms with Crippen LogP contribution in [0.1, 0.15) is 11.4 Å². The van der Waals surface area contributed by atoms with Crippen molar-refractivity contribution in [3.8, 4) is 0 Å². The number of aromatic nitrogens is 3. The van der Waals surface area contributed by atoms with E-state index >= 15 is 0 Å². The molecule has 0 atom stereocenters. The van der Waals surface area contributed by atoms with E-state index in [1.54, 1.807) is 6.07 Å². The summed E-state index contributed by atoms with van der Waals surface area (Å²) in [5.74, 6) is -1.14. The topological polar surface area (TPSA) is 117 Å². The average molecular weight is 368 g/mol. The molecule has 0 aliphatic rings. The molecule has 1 aromatic heterocycles. The Balaban J connectivity index is 1.98. The van der Waals surface area contributed by atoms with Gasteiger partial charge in [-0.3, -0.25) is 0 Å². The number of hydrogen-bond acceptors (Lipinski definition) is 7. The van der Waals surface area contributed by atoms with Crippen LogP contribution in [-0.2, 0) is 16.1 Å². The Morgan fingerprint density at radius 3 is 2.64 bits per heavy atom. The Kier molecular flexibility index (Phi) is 4.99. The van der Waals surface area contributed by atoms with E-state index in [1.165, 1.54) is 18.2 Å². The van der Waals surface area contributed by atoms with E-state index in [9.17, 15) is 9.18 Å². The van der Waals surface area contributed by atoms with Gasteiger partial charge in [0.05, 0.1) is 0 Å². The molecule has 2 rings (SSSR count). The van der Waals surface area contributed by atoms with Gasteiger partial charge in [0.1, 0.15) is 5.82 Å². The summed E-state index contributed by atoms with van der Waals surface area (Å²) in [5.41, 5.74) is 11.0. The molecule has 0 aliphatic carbocycles. The van der Waals surface area contributed by atoms with Crippen molar-refractivity contribution in [2.24, 2.45) is 0 Å². The van der Waals surface area contributed by atoms with Crippen molar-refractivity contribution in [3.05, 3.63) is 46.0 Å². The Morgan fingerprint density at radius 2 is 1.95 bits per heavy atom. The lowest BCUT2D eigenvalue weighted by Gasteiger charge is -2.02. The highest BCUT2D eigenvalue weighted by Crippen LogP contribution is 2.16. The first-order valence-corrected chi connectivity index (χ1v) is 6.79. The van der Waals surface area contributed by atoms with Crippen LogP contribution in [0, 0.1) is 5.82 Å². The molecule has 2 aromatic rings. The molecule has 22 heavy (non-hydrogen) atoms. The van der Waals surface area contributed by atoms with Crippen molar-refractivity contribution < 1.29 is 13.9 Å². The second-order valence-corrected chi connectivity index (χ2v) is 4.99. The van der Waals surface area contributed by atoms with Crippen LogP contribution in [0.15, 0.2) is 28.7 Å². The van der Waals surface area contributed by atoms with Gasteiger partial charge in [-0.25, -0.2) is 9.18 Å². The first-order valence-electron chi connectivity index (χ1n) is 6.00. The van der Waals surface area contributed by atoms with Crippen LogP contribution in [0.25, 0.3) is 6.08 Å². The predicted molar refractivity (Wildman–Crippen MR) is 81.6 cm³/mol. The second-order valence-electron chi connectivity index (χ2n) is 4.07. The van der Waals surface area contributed by atoms with Crippen LogP contribution >= 0.6 is 15.9 Å². The monoisotopic (exact) mass is 367 g/mol. The number of ether oxygens (including phenoxy) is 1. The molecule has 0 unspecified atom stereocenters. The highest BCUT2D eigenvalue weighted by Gasteiger charge is 2.05. The maximum absolute atomic E-state index is 13.5. The van der Waals surface area contributed by atoms with Crippen LogP contribution in [0.2, 0.25) is 0 Å². The fraction of sp³-hybridized carbons (Fsp3) is 0.0769. The zero-order valence-electron chi connectivity index (χ0n) is 11.2. The van der Waals surface area contributed by atoms with Gasteiger partial charge < -0.3 is 16.2 Å². The minimum atomic E-state index is -0.683. The standard InChI is InChI=1S/C13H11BrFN5O2/c14-8-2-3-9(15)7(5-8)1-4-11(21)22-6-10-18-12(16)20-13(17)19-10/h1-5H,6H2,(H4,16,17,18,19,20)/b4-1+. The SMILES string of the molecule is Nc1nc(N)nc(COC(=O)/C=C/c2cc(Br)ccc2F)n1. The van der Waals surface area contributed by atoms with E-state index in [4.69, 9.17) is 16.2 Å². The van der Waals surface area contributed by atoms with E-state index in [-0.39, 0.29) is 29.9 Å². The van der Waals surface area contributed by atoms with Gasteiger partial charge in [-0.15, -0.1) is 0 Å². The van der Waals surface area contributed by atoms with Crippen molar-refractivity contribution in [1.82, 2.24) is 15.0 Å². The Labute approximate surface area is 133 Å². The number of benzene rings is 1. The van der Waals surface area contributed by atoms with Crippen LogP contribution < -0.4 is 11.5 Å². The van der Waals surface area contributed by atoms with Crippen molar-refractivity contribution in [2.75, 3.05) is 11.5 Å². The molecule has 0 amide bonds. The Bertz CT molecular complexity index is 718. The molecule has 0 radical (unpaired) electrons. The smallest absolute Gasteiger partial charge is 0.331 e. The number of nitrogen functional groups attached to an aromatic ring is 2. The van der Waals surface area contributed by atoms with E-state index < -0.39 is 11.8 Å². The fourth-order valence-electron chi connectivity index (χ4n) is 1.51. The van der Waals surface area contributed by atoms with Gasteiger partial charge in [0.15, 0.2) is 12.4 Å². The zero-order valence-corrected chi connectivity index (χ0v) is 12.7. The summed E-state index contributed by atoms with van der Waals surface area (Å²) < 4.78 is 19.1. The number of nitrogens with zero attached hydrogens (tertiary/aromatic N) is 3. The third-order valence-electron chi connectivity index (χ3n) is 2.42. The number of carbonyl (C=O) groups excluding carboxylic acids is 1. The number of rotatable bonds is 4. The minimum Gasteiger partial charge on any atom is -0.454 e. The summed E-state index contributed by atoms with van der Waals surface area (Å²) >= 11 is 3.22. The molecule has 0 aliphatic heterocycles. The molecule has 0 fully saturated rings. The Hall–Kier alpha value is -2.55. The molecule has 9 heteroatoms. The fourth-order valence-corrected chi connectivity index (χ4v) is 1.88. The molecular formula is C13H11BrFN5O2. The third-order valence-corrected chi connectivity index (χ3v) is 2.91. The molecule has 1 heterocycles. The highest BCUT2D eigenvalue weighted by molar-refractivity contribution is 9.10. The normalized spacial score (nSPS) is 10.8. The average Bonchev–Trinajstić information content (AvgIpc) is 2.45. The van der Waals surface area contributed by atoms with E-state index in [0.717, 1.165) is 6.08 Å². The number of anilines is 2. The lowest BCUT2D eigenvalue weighted by molar-refractivity contribution is -0.139. The molecule has 0 spiro atoms. The van der Waals surface area contributed by atoms with Gasteiger partial charge in [0.2, 0.25) is 11.9 Å². The lowest BCUT2D eigenvalue weighted by Crippen LogP contribution is -2.09. The molecule has 0 saturated carbocycles. The van der Waals surface area contributed by atoms with Crippen molar-refractivity contribution >= 4 is 39.9 Å². The molecule has 7 nitrogen and oxygen atoms in total. The maximum Gasteiger partial charge on any atom is 0.331 e. The van der Waals surface area contributed by atoms with Crippen LogP contribution in [-0.4, -0.2) is 20.9 Å². The van der Waals surface area contributed by atoms with Crippen molar-refractivity contribution in [3.63, 3.8) is 0 Å². The van der Waals surface area contributed by atoms with Crippen molar-refractivity contribution in [2.45, 2.75) is 6.61 Å².